The van der Waals surface area contributed by atoms with Gasteiger partial charge in [-0.2, -0.15) is 4.52 Å². The lowest BCUT2D eigenvalue weighted by molar-refractivity contribution is 0.306. The number of hydrogen-bond acceptors (Lipinski definition) is 7. The quantitative estimate of drug-likeness (QED) is 0.586. The van der Waals surface area contributed by atoms with E-state index in [1.165, 1.54) is 0 Å². The molecule has 2 aromatic heterocycles. The molecule has 0 amide bonds. The average Bonchev–Trinajstić information content (AvgIpc) is 3.08. The second-order valence-corrected chi connectivity index (χ2v) is 7.44. The normalized spacial score (nSPS) is 11.6. The van der Waals surface area contributed by atoms with Gasteiger partial charge >= 0.3 is 0 Å². The fourth-order valence-electron chi connectivity index (χ4n) is 2.22. The van der Waals surface area contributed by atoms with Crippen molar-refractivity contribution in [2.45, 2.75) is 6.92 Å². The van der Waals surface area contributed by atoms with E-state index in [-0.39, 0.29) is 18.9 Å². The smallest absolute Gasteiger partial charge is 0.231 e. The Labute approximate surface area is 151 Å². The molecule has 0 bridgehead atoms. The van der Waals surface area contributed by atoms with E-state index in [4.69, 9.17) is 9.47 Å². The van der Waals surface area contributed by atoms with Gasteiger partial charge in [0, 0.05) is 18.2 Å². The molecule has 1 N–H and O–H groups in total. The summed E-state index contributed by atoms with van der Waals surface area (Å²) < 4.78 is 37.5. The minimum Gasteiger partial charge on any atom is -0.497 e. The second kappa shape index (κ2) is 7.67. The molecule has 3 aromatic rings. The first-order valence-electron chi connectivity index (χ1n) is 7.99. The van der Waals surface area contributed by atoms with Crippen molar-refractivity contribution in [2.24, 2.45) is 0 Å². The van der Waals surface area contributed by atoms with Gasteiger partial charge in [0.25, 0.3) is 0 Å². The number of fused-ring (bicyclic) bond motifs is 1. The van der Waals surface area contributed by atoms with Crippen molar-refractivity contribution in [1.29, 1.82) is 0 Å². The summed E-state index contributed by atoms with van der Waals surface area (Å²) in [5.74, 6) is 1.69. The lowest BCUT2D eigenvalue weighted by atomic mass is 10.2. The van der Waals surface area contributed by atoms with Crippen molar-refractivity contribution < 1.29 is 17.9 Å². The van der Waals surface area contributed by atoms with E-state index in [0.717, 1.165) is 11.3 Å². The van der Waals surface area contributed by atoms with Crippen LogP contribution in [0.25, 0.3) is 17.0 Å². The maximum absolute atomic E-state index is 11.4. The van der Waals surface area contributed by atoms with Gasteiger partial charge in [-0.15, -0.1) is 15.3 Å². The maximum Gasteiger partial charge on any atom is 0.231 e. The molecule has 0 saturated carbocycles. The van der Waals surface area contributed by atoms with Gasteiger partial charge in [0.05, 0.1) is 12.9 Å². The number of benzene rings is 1. The molecule has 3 rings (SSSR count). The molecule has 0 unspecified atom stereocenters. The molecule has 26 heavy (non-hydrogen) atoms. The number of methoxy groups -OCH3 is 1. The van der Waals surface area contributed by atoms with E-state index >= 15 is 0 Å². The summed E-state index contributed by atoms with van der Waals surface area (Å²) in [5, 5.41) is 12.6. The SMILES string of the molecule is CCS(=O)(=O)NCCOc1ccc2nnc(-c3ccc(OC)cc3)n2n1. The minimum absolute atomic E-state index is 0.0309. The highest BCUT2D eigenvalue weighted by Crippen LogP contribution is 2.21. The third-order valence-corrected chi connectivity index (χ3v) is 5.04. The second-order valence-electron chi connectivity index (χ2n) is 5.34. The van der Waals surface area contributed by atoms with E-state index in [1.54, 1.807) is 30.7 Å². The van der Waals surface area contributed by atoms with Crippen LogP contribution in [0.15, 0.2) is 36.4 Å². The first-order chi connectivity index (χ1) is 12.5. The Morgan fingerprint density at radius 1 is 1.12 bits per heavy atom. The van der Waals surface area contributed by atoms with Gasteiger partial charge in [-0.1, -0.05) is 0 Å². The largest absolute Gasteiger partial charge is 0.497 e. The molecule has 0 fully saturated rings. The van der Waals surface area contributed by atoms with Crippen molar-refractivity contribution in [3.05, 3.63) is 36.4 Å². The number of aromatic nitrogens is 4. The Balaban J connectivity index is 1.75. The topological polar surface area (TPSA) is 108 Å². The Hall–Kier alpha value is -2.72. The van der Waals surface area contributed by atoms with Gasteiger partial charge in [0.2, 0.25) is 15.9 Å². The van der Waals surface area contributed by atoms with Crippen LogP contribution < -0.4 is 14.2 Å². The van der Waals surface area contributed by atoms with Crippen molar-refractivity contribution in [3.8, 4) is 23.0 Å². The molecular formula is C16H19N5O4S. The zero-order valence-corrected chi connectivity index (χ0v) is 15.2. The molecule has 0 saturated heterocycles. The fourth-order valence-corrected chi connectivity index (χ4v) is 2.82. The van der Waals surface area contributed by atoms with Gasteiger partial charge in [-0.05, 0) is 37.3 Å². The van der Waals surface area contributed by atoms with Gasteiger partial charge < -0.3 is 9.47 Å². The summed E-state index contributed by atoms with van der Waals surface area (Å²) in [4.78, 5) is 0. The summed E-state index contributed by atoms with van der Waals surface area (Å²) in [5.41, 5.74) is 1.41. The highest BCUT2D eigenvalue weighted by atomic mass is 32.2. The maximum atomic E-state index is 11.4. The number of hydrogen-bond donors (Lipinski definition) is 1. The highest BCUT2D eigenvalue weighted by molar-refractivity contribution is 7.89. The van der Waals surface area contributed by atoms with Crippen LogP contribution in [0, 0.1) is 0 Å². The monoisotopic (exact) mass is 377 g/mol. The zero-order valence-electron chi connectivity index (χ0n) is 14.4. The van der Waals surface area contributed by atoms with Crippen LogP contribution in [-0.4, -0.2) is 54.2 Å². The number of sulfonamides is 1. The number of rotatable bonds is 8. The summed E-state index contributed by atoms with van der Waals surface area (Å²) in [6.07, 6.45) is 0. The summed E-state index contributed by atoms with van der Waals surface area (Å²) >= 11 is 0. The van der Waals surface area contributed by atoms with Crippen molar-refractivity contribution in [1.82, 2.24) is 24.5 Å². The van der Waals surface area contributed by atoms with Gasteiger partial charge in [-0.3, -0.25) is 0 Å². The molecule has 0 aliphatic heterocycles. The lowest BCUT2D eigenvalue weighted by Crippen LogP contribution is -2.29. The Morgan fingerprint density at radius 2 is 1.88 bits per heavy atom. The molecule has 138 valence electrons. The number of ether oxygens (including phenoxy) is 2. The third-order valence-electron chi connectivity index (χ3n) is 3.64. The van der Waals surface area contributed by atoms with Crippen LogP contribution in [0.4, 0.5) is 0 Å². The van der Waals surface area contributed by atoms with E-state index in [2.05, 4.69) is 20.0 Å². The summed E-state index contributed by atoms with van der Waals surface area (Å²) in [6.45, 7) is 1.91. The highest BCUT2D eigenvalue weighted by Gasteiger charge is 2.11. The van der Waals surface area contributed by atoms with Crippen LogP contribution >= 0.6 is 0 Å². The lowest BCUT2D eigenvalue weighted by Gasteiger charge is -2.07. The fraction of sp³-hybridized carbons (Fsp3) is 0.312. The molecule has 0 aliphatic carbocycles. The first-order valence-corrected chi connectivity index (χ1v) is 9.64. The minimum atomic E-state index is -3.23. The van der Waals surface area contributed by atoms with E-state index in [0.29, 0.717) is 17.4 Å². The number of nitrogens with one attached hydrogen (secondary N) is 1. The predicted molar refractivity (Wildman–Crippen MR) is 95.7 cm³/mol. The Kier molecular flexibility index (Phi) is 5.33. The number of nitrogens with zero attached hydrogens (tertiary/aromatic N) is 4. The molecular weight excluding hydrogens is 358 g/mol. The van der Waals surface area contributed by atoms with Gasteiger partial charge in [0.15, 0.2) is 11.5 Å². The zero-order chi connectivity index (χ0) is 18.6. The Morgan fingerprint density at radius 3 is 2.58 bits per heavy atom. The van der Waals surface area contributed by atoms with Crippen molar-refractivity contribution in [2.75, 3.05) is 26.0 Å². The molecule has 0 radical (unpaired) electrons. The van der Waals surface area contributed by atoms with Crippen LogP contribution in [0.2, 0.25) is 0 Å². The average molecular weight is 377 g/mol. The molecule has 9 nitrogen and oxygen atoms in total. The molecule has 0 spiro atoms. The molecule has 2 heterocycles. The van der Waals surface area contributed by atoms with Gasteiger partial charge in [0.1, 0.15) is 12.4 Å². The van der Waals surface area contributed by atoms with Gasteiger partial charge in [-0.25, -0.2) is 13.1 Å². The van der Waals surface area contributed by atoms with Crippen molar-refractivity contribution >= 4 is 15.7 Å². The van der Waals surface area contributed by atoms with E-state index in [1.807, 2.05) is 24.3 Å². The predicted octanol–water partition coefficient (Wildman–Crippen LogP) is 1.12. The van der Waals surface area contributed by atoms with Crippen LogP contribution in [0.5, 0.6) is 11.6 Å². The Bertz CT molecular complexity index is 986. The van der Waals surface area contributed by atoms with Crippen LogP contribution in [-0.2, 0) is 10.0 Å². The van der Waals surface area contributed by atoms with Crippen LogP contribution in [0.3, 0.4) is 0 Å². The standard InChI is InChI=1S/C16H19N5O4S/c1-3-26(22,23)17-10-11-25-15-9-8-14-18-19-16(21(14)20-15)12-4-6-13(24-2)7-5-12/h4-9,17H,3,10-11H2,1-2H3. The first kappa shape index (κ1) is 18.1. The third kappa shape index (κ3) is 4.09. The molecule has 1 aromatic carbocycles. The van der Waals surface area contributed by atoms with E-state index in [9.17, 15) is 8.42 Å². The van der Waals surface area contributed by atoms with Crippen molar-refractivity contribution in [3.63, 3.8) is 0 Å². The van der Waals surface area contributed by atoms with E-state index < -0.39 is 10.0 Å². The van der Waals surface area contributed by atoms with Crippen LogP contribution in [0.1, 0.15) is 6.92 Å². The molecule has 0 aliphatic rings. The summed E-state index contributed by atoms with van der Waals surface area (Å²) in [6, 6.07) is 10.8. The summed E-state index contributed by atoms with van der Waals surface area (Å²) in [7, 11) is -1.63. The molecule has 10 heteroatoms. The molecule has 0 atom stereocenters.